The van der Waals surface area contributed by atoms with E-state index >= 15 is 0 Å². The number of nitrogens with zero attached hydrogens (tertiary/aromatic N) is 3. The molecule has 2 aromatic rings. The first kappa shape index (κ1) is 18.3. The lowest BCUT2D eigenvalue weighted by Crippen LogP contribution is -2.49. The van der Waals surface area contributed by atoms with Crippen LogP contribution < -0.4 is 5.32 Å². The van der Waals surface area contributed by atoms with Crippen LogP contribution in [0, 0.1) is 0 Å². The molecular weight excluding hydrogens is 332 g/mol. The summed E-state index contributed by atoms with van der Waals surface area (Å²) in [5.74, 6) is 0. The molecule has 1 unspecified atom stereocenters. The highest BCUT2D eigenvalue weighted by atomic mass is 35.5. The topological polar surface area (TPSA) is 31.4 Å². The number of halogens is 1. The molecule has 5 heteroatoms. The maximum Gasteiger partial charge on any atom is 0.0273 e. The van der Waals surface area contributed by atoms with Crippen LogP contribution in [-0.2, 0) is 6.54 Å². The van der Waals surface area contributed by atoms with E-state index in [9.17, 15) is 0 Å². The summed E-state index contributed by atoms with van der Waals surface area (Å²) < 4.78 is 0. The molecule has 134 valence electrons. The lowest BCUT2D eigenvalue weighted by Gasteiger charge is -2.32. The molecule has 0 spiro atoms. The van der Waals surface area contributed by atoms with Crippen molar-refractivity contribution in [3.63, 3.8) is 0 Å². The molecule has 1 N–H and O–H groups in total. The summed E-state index contributed by atoms with van der Waals surface area (Å²) in [7, 11) is 0. The normalized spacial score (nSPS) is 21.8. The third kappa shape index (κ3) is 4.59. The molecule has 0 saturated carbocycles. The number of hydrogen-bond acceptors (Lipinski definition) is 4. The van der Waals surface area contributed by atoms with E-state index in [1.807, 2.05) is 12.4 Å². The highest BCUT2D eigenvalue weighted by Gasteiger charge is 2.28. The zero-order valence-corrected chi connectivity index (χ0v) is 15.4. The van der Waals surface area contributed by atoms with Gasteiger partial charge in [0.2, 0.25) is 0 Å². The Morgan fingerprint density at radius 1 is 1.00 bits per heavy atom. The van der Waals surface area contributed by atoms with Gasteiger partial charge in [-0.25, -0.2) is 0 Å². The minimum absolute atomic E-state index is 0. The average molecular weight is 359 g/mol. The van der Waals surface area contributed by atoms with Crippen LogP contribution in [0.4, 0.5) is 0 Å². The van der Waals surface area contributed by atoms with Crippen molar-refractivity contribution in [2.24, 2.45) is 0 Å². The summed E-state index contributed by atoms with van der Waals surface area (Å²) >= 11 is 0. The molecule has 1 aromatic heterocycles. The van der Waals surface area contributed by atoms with Crippen LogP contribution in [0.2, 0.25) is 0 Å². The molecule has 2 aliphatic rings. The molecule has 0 radical (unpaired) electrons. The van der Waals surface area contributed by atoms with Crippen molar-refractivity contribution in [3.05, 3.63) is 54.4 Å². The Hall–Kier alpha value is -1.46. The molecule has 3 heterocycles. The fourth-order valence-electron chi connectivity index (χ4n) is 3.95. The summed E-state index contributed by atoms with van der Waals surface area (Å²) in [5.41, 5.74) is 3.94. The van der Waals surface area contributed by atoms with E-state index in [0.29, 0.717) is 0 Å². The highest BCUT2D eigenvalue weighted by molar-refractivity contribution is 5.85. The second-order valence-corrected chi connectivity index (χ2v) is 6.90. The van der Waals surface area contributed by atoms with Crippen molar-refractivity contribution in [2.75, 3.05) is 39.3 Å². The van der Waals surface area contributed by atoms with Crippen molar-refractivity contribution in [1.29, 1.82) is 0 Å². The third-order valence-corrected chi connectivity index (χ3v) is 5.26. The van der Waals surface area contributed by atoms with Crippen molar-refractivity contribution in [3.8, 4) is 11.1 Å². The Bertz CT molecular complexity index is 658. The van der Waals surface area contributed by atoms with E-state index in [-0.39, 0.29) is 12.4 Å². The van der Waals surface area contributed by atoms with Crippen LogP contribution in [0.15, 0.2) is 48.8 Å². The van der Waals surface area contributed by atoms with Gasteiger partial charge in [0.1, 0.15) is 0 Å². The van der Waals surface area contributed by atoms with Crippen LogP contribution in [0.1, 0.15) is 12.0 Å². The van der Waals surface area contributed by atoms with Crippen LogP contribution in [0.3, 0.4) is 0 Å². The maximum atomic E-state index is 4.11. The van der Waals surface area contributed by atoms with Gasteiger partial charge in [-0.1, -0.05) is 18.2 Å². The molecule has 2 aliphatic heterocycles. The SMILES string of the molecule is Cl.c1cc(CN2CCC(N3CCNCC3)C2)cc(-c2ccncc2)c1. The molecular formula is C20H27ClN4. The lowest BCUT2D eigenvalue weighted by atomic mass is 10.0. The number of rotatable bonds is 4. The van der Waals surface area contributed by atoms with E-state index < -0.39 is 0 Å². The molecule has 1 atom stereocenters. The first-order valence-electron chi connectivity index (χ1n) is 9.05. The van der Waals surface area contributed by atoms with E-state index in [1.165, 1.54) is 49.3 Å². The number of nitrogens with one attached hydrogen (secondary N) is 1. The summed E-state index contributed by atoms with van der Waals surface area (Å²) in [5, 5.41) is 3.45. The van der Waals surface area contributed by atoms with Gasteiger partial charge in [-0.2, -0.15) is 0 Å². The Labute approximate surface area is 156 Å². The van der Waals surface area contributed by atoms with Crippen molar-refractivity contribution >= 4 is 12.4 Å². The monoisotopic (exact) mass is 358 g/mol. The number of aromatic nitrogens is 1. The molecule has 4 nitrogen and oxygen atoms in total. The summed E-state index contributed by atoms with van der Waals surface area (Å²) in [4.78, 5) is 9.39. The van der Waals surface area contributed by atoms with E-state index in [0.717, 1.165) is 25.7 Å². The predicted octanol–water partition coefficient (Wildman–Crippen LogP) is 2.65. The lowest BCUT2D eigenvalue weighted by molar-refractivity contribution is 0.170. The molecule has 2 saturated heterocycles. The van der Waals surface area contributed by atoms with Gasteiger partial charge in [0.15, 0.2) is 0 Å². The van der Waals surface area contributed by atoms with Crippen molar-refractivity contribution < 1.29 is 0 Å². The standard InChI is InChI=1S/C20H26N4.ClH/c1-2-17(14-19(3-1)18-4-7-21-8-5-18)15-23-11-6-20(16-23)24-12-9-22-10-13-24;/h1-5,7-8,14,20,22H,6,9-13,15-16H2;1H. The Balaban J connectivity index is 0.00000182. The number of piperazine rings is 1. The predicted molar refractivity (Wildman–Crippen MR) is 105 cm³/mol. The maximum absolute atomic E-state index is 4.11. The fraction of sp³-hybridized carbons (Fsp3) is 0.450. The second-order valence-electron chi connectivity index (χ2n) is 6.90. The molecule has 2 fully saturated rings. The molecule has 1 aromatic carbocycles. The van der Waals surface area contributed by atoms with Crippen LogP contribution in [-0.4, -0.2) is 60.1 Å². The van der Waals surface area contributed by atoms with Crippen LogP contribution in [0.5, 0.6) is 0 Å². The van der Waals surface area contributed by atoms with Gasteiger partial charge < -0.3 is 5.32 Å². The summed E-state index contributed by atoms with van der Waals surface area (Å²) in [6.07, 6.45) is 5.03. The molecule has 0 amide bonds. The second kappa shape index (κ2) is 8.77. The number of hydrogen-bond donors (Lipinski definition) is 1. The summed E-state index contributed by atoms with van der Waals surface area (Å²) in [6.45, 7) is 8.18. The molecule has 25 heavy (non-hydrogen) atoms. The first-order valence-corrected chi connectivity index (χ1v) is 9.05. The van der Waals surface area contributed by atoms with Crippen LogP contribution >= 0.6 is 12.4 Å². The van der Waals surface area contributed by atoms with Gasteiger partial charge >= 0.3 is 0 Å². The summed E-state index contributed by atoms with van der Waals surface area (Å²) in [6, 6.07) is 13.8. The van der Waals surface area contributed by atoms with Crippen molar-refractivity contribution in [1.82, 2.24) is 20.1 Å². The fourth-order valence-corrected chi connectivity index (χ4v) is 3.95. The van der Waals surface area contributed by atoms with Gasteiger partial charge in [0.25, 0.3) is 0 Å². The first-order chi connectivity index (χ1) is 11.9. The van der Waals surface area contributed by atoms with E-state index in [1.54, 1.807) is 0 Å². The number of likely N-dealkylation sites (tertiary alicyclic amines) is 1. The minimum atomic E-state index is 0. The largest absolute Gasteiger partial charge is 0.314 e. The zero-order chi connectivity index (χ0) is 16.2. The molecule has 0 aliphatic carbocycles. The molecule has 4 rings (SSSR count). The number of pyridine rings is 1. The Morgan fingerprint density at radius 3 is 2.60 bits per heavy atom. The van der Waals surface area contributed by atoms with Gasteiger partial charge in [-0.3, -0.25) is 14.8 Å². The van der Waals surface area contributed by atoms with Gasteiger partial charge in [0, 0.05) is 64.2 Å². The van der Waals surface area contributed by atoms with Gasteiger partial charge in [-0.05, 0) is 41.3 Å². The van der Waals surface area contributed by atoms with Crippen molar-refractivity contribution in [2.45, 2.75) is 19.0 Å². The third-order valence-electron chi connectivity index (χ3n) is 5.26. The van der Waals surface area contributed by atoms with Gasteiger partial charge in [0.05, 0.1) is 0 Å². The smallest absolute Gasteiger partial charge is 0.0273 e. The minimum Gasteiger partial charge on any atom is -0.314 e. The number of benzene rings is 1. The van der Waals surface area contributed by atoms with E-state index in [2.05, 4.69) is 56.5 Å². The zero-order valence-electron chi connectivity index (χ0n) is 14.6. The average Bonchev–Trinajstić information content (AvgIpc) is 3.12. The Kier molecular flexibility index (Phi) is 6.43. The van der Waals surface area contributed by atoms with Crippen LogP contribution in [0.25, 0.3) is 11.1 Å². The van der Waals surface area contributed by atoms with E-state index in [4.69, 9.17) is 0 Å². The molecule has 0 bridgehead atoms. The Morgan fingerprint density at radius 2 is 1.80 bits per heavy atom. The van der Waals surface area contributed by atoms with Gasteiger partial charge in [-0.15, -0.1) is 12.4 Å². The highest BCUT2D eigenvalue weighted by Crippen LogP contribution is 2.22. The quantitative estimate of drug-likeness (QED) is 0.910.